The lowest BCUT2D eigenvalue weighted by Crippen LogP contribution is -2.64. The van der Waals surface area contributed by atoms with Gasteiger partial charge in [-0.3, -0.25) is 0 Å². The fraction of sp³-hybridized carbons (Fsp3) is 1.00. The van der Waals surface area contributed by atoms with E-state index in [0.29, 0.717) is 6.61 Å². The summed E-state index contributed by atoms with van der Waals surface area (Å²) in [7, 11) is -1.39. The minimum Gasteiger partial charge on any atom is -0.394 e. The van der Waals surface area contributed by atoms with Crippen molar-refractivity contribution in [2.24, 2.45) is 0 Å². The molecular weight excluding hydrogens is 408 g/mol. The van der Waals surface area contributed by atoms with Gasteiger partial charge in [0, 0.05) is 14.7 Å². The standard InChI is InChI=1S/C17H34O11Si/c1-29(2,3)5-4-25-16-14(24)12(22)15(9(7-19)27-16)28-17-13(23)11(21)10(20)8(6-18)26-17/h8-24H,4-7H2,1-3H3/t8-,9-,10+,11+,12-,13-,14-,15-,16+,17+/m1/s1. The van der Waals surface area contributed by atoms with E-state index in [9.17, 15) is 35.7 Å². The van der Waals surface area contributed by atoms with E-state index < -0.39 is 82.7 Å². The van der Waals surface area contributed by atoms with E-state index in [0.717, 1.165) is 6.04 Å². The van der Waals surface area contributed by atoms with Crippen molar-refractivity contribution in [3.05, 3.63) is 0 Å². The van der Waals surface area contributed by atoms with Gasteiger partial charge in [0.1, 0.15) is 48.8 Å². The first-order chi connectivity index (χ1) is 13.5. The molecule has 2 aliphatic heterocycles. The first-order valence-corrected chi connectivity index (χ1v) is 13.4. The Balaban J connectivity index is 2.03. The lowest BCUT2D eigenvalue weighted by Gasteiger charge is -2.46. The van der Waals surface area contributed by atoms with E-state index in [1.54, 1.807) is 0 Å². The molecule has 0 bridgehead atoms. The van der Waals surface area contributed by atoms with Gasteiger partial charge in [0.05, 0.1) is 13.2 Å². The Bertz CT molecular complexity index is 500. The summed E-state index contributed by atoms with van der Waals surface area (Å²) in [5, 5.41) is 69.5. The number of aliphatic hydroxyl groups is 7. The molecule has 0 aromatic heterocycles. The topological polar surface area (TPSA) is 179 Å². The zero-order chi connectivity index (χ0) is 21.9. The zero-order valence-electron chi connectivity index (χ0n) is 16.9. The molecule has 2 rings (SSSR count). The summed E-state index contributed by atoms with van der Waals surface area (Å²) < 4.78 is 21.8. The van der Waals surface area contributed by atoms with Gasteiger partial charge in [0.15, 0.2) is 12.6 Å². The molecule has 2 saturated heterocycles. The molecule has 2 heterocycles. The maximum Gasteiger partial charge on any atom is 0.187 e. The number of hydrogen-bond acceptors (Lipinski definition) is 11. The summed E-state index contributed by atoms with van der Waals surface area (Å²) in [6, 6.07) is 0.810. The largest absolute Gasteiger partial charge is 0.394 e. The van der Waals surface area contributed by atoms with Crippen molar-refractivity contribution in [2.45, 2.75) is 87.1 Å². The number of hydrogen-bond donors (Lipinski definition) is 7. The maximum absolute atomic E-state index is 10.5. The van der Waals surface area contributed by atoms with Crippen LogP contribution in [0.2, 0.25) is 25.7 Å². The average molecular weight is 443 g/mol. The molecule has 0 aliphatic carbocycles. The van der Waals surface area contributed by atoms with Gasteiger partial charge < -0.3 is 54.7 Å². The zero-order valence-corrected chi connectivity index (χ0v) is 17.9. The van der Waals surface area contributed by atoms with Crippen molar-refractivity contribution in [1.82, 2.24) is 0 Å². The second-order valence-corrected chi connectivity index (χ2v) is 14.3. The van der Waals surface area contributed by atoms with Crippen LogP contribution in [0.25, 0.3) is 0 Å². The number of aliphatic hydroxyl groups excluding tert-OH is 7. The van der Waals surface area contributed by atoms with Gasteiger partial charge in [-0.15, -0.1) is 0 Å². The second-order valence-electron chi connectivity index (χ2n) is 8.69. The summed E-state index contributed by atoms with van der Waals surface area (Å²) in [5.41, 5.74) is 0. The lowest BCUT2D eigenvalue weighted by molar-refractivity contribution is -0.359. The van der Waals surface area contributed by atoms with Crippen LogP contribution in [0, 0.1) is 0 Å². The third kappa shape index (κ3) is 6.15. The summed E-state index contributed by atoms with van der Waals surface area (Å²) in [5.74, 6) is 0. The highest BCUT2D eigenvalue weighted by Crippen LogP contribution is 2.29. The van der Waals surface area contributed by atoms with Crippen molar-refractivity contribution < 1.29 is 54.7 Å². The Morgan fingerprint density at radius 3 is 1.83 bits per heavy atom. The SMILES string of the molecule is C[Si](C)(C)CCO[C@H]1O[C@H](CO)[C@@H](O[C@@H]2O[C@H](CO)[C@H](O)[C@H](O)[C@H]2O)[C@H](O)[C@H]1O. The summed E-state index contributed by atoms with van der Waals surface area (Å²) in [6.45, 7) is 5.56. The third-order valence-electron chi connectivity index (χ3n) is 5.09. The predicted molar refractivity (Wildman–Crippen MR) is 101 cm³/mol. The molecule has 7 N–H and O–H groups in total. The molecule has 0 amide bonds. The summed E-state index contributed by atoms with van der Waals surface area (Å²) in [6.07, 6.45) is -14.3. The highest BCUT2D eigenvalue weighted by Gasteiger charge is 2.50. The first kappa shape index (κ1) is 25.0. The fourth-order valence-corrected chi connectivity index (χ4v) is 3.90. The lowest BCUT2D eigenvalue weighted by atomic mass is 9.97. The molecule has 2 fully saturated rings. The van der Waals surface area contributed by atoms with Crippen LogP contribution in [-0.4, -0.2) is 125 Å². The molecule has 2 aliphatic rings. The normalized spacial score (nSPS) is 44.1. The minimum absolute atomic E-state index is 0.320. The van der Waals surface area contributed by atoms with E-state index in [-0.39, 0.29) is 0 Å². The first-order valence-electron chi connectivity index (χ1n) is 9.70. The molecule has 10 atom stereocenters. The van der Waals surface area contributed by atoms with Crippen molar-refractivity contribution in [1.29, 1.82) is 0 Å². The van der Waals surface area contributed by atoms with Crippen LogP contribution in [0.1, 0.15) is 0 Å². The van der Waals surface area contributed by atoms with Gasteiger partial charge in [0.2, 0.25) is 0 Å². The molecule has 0 aromatic carbocycles. The van der Waals surface area contributed by atoms with Gasteiger partial charge in [0.25, 0.3) is 0 Å². The monoisotopic (exact) mass is 442 g/mol. The van der Waals surface area contributed by atoms with Gasteiger partial charge in [-0.25, -0.2) is 0 Å². The van der Waals surface area contributed by atoms with Crippen molar-refractivity contribution in [3.8, 4) is 0 Å². The molecule has 172 valence electrons. The Morgan fingerprint density at radius 2 is 1.28 bits per heavy atom. The predicted octanol–water partition coefficient (Wildman–Crippen LogP) is -3.03. The second kappa shape index (κ2) is 10.4. The molecule has 0 radical (unpaired) electrons. The Hall–Kier alpha value is -0.223. The van der Waals surface area contributed by atoms with Crippen molar-refractivity contribution >= 4 is 8.07 Å². The van der Waals surface area contributed by atoms with E-state index >= 15 is 0 Å². The maximum atomic E-state index is 10.5. The minimum atomic E-state index is -1.69. The Labute approximate surface area is 170 Å². The van der Waals surface area contributed by atoms with E-state index in [2.05, 4.69) is 19.6 Å². The molecule has 0 spiro atoms. The van der Waals surface area contributed by atoms with Crippen LogP contribution >= 0.6 is 0 Å². The molecule has 0 aromatic rings. The van der Waals surface area contributed by atoms with Crippen LogP contribution in [0.4, 0.5) is 0 Å². The molecular formula is C17H34O11Si. The fourth-order valence-electron chi connectivity index (χ4n) is 3.17. The summed E-state index contributed by atoms with van der Waals surface area (Å²) in [4.78, 5) is 0. The van der Waals surface area contributed by atoms with Crippen molar-refractivity contribution in [3.63, 3.8) is 0 Å². The highest BCUT2D eigenvalue weighted by molar-refractivity contribution is 6.76. The van der Waals surface area contributed by atoms with Crippen LogP contribution < -0.4 is 0 Å². The molecule has 29 heavy (non-hydrogen) atoms. The molecule has 12 heteroatoms. The van der Waals surface area contributed by atoms with Gasteiger partial charge in [-0.05, 0) is 6.04 Å². The van der Waals surface area contributed by atoms with Crippen LogP contribution in [0.3, 0.4) is 0 Å². The average Bonchev–Trinajstić information content (AvgIpc) is 2.66. The highest BCUT2D eigenvalue weighted by atomic mass is 28.3. The Kier molecular flexibility index (Phi) is 8.97. The van der Waals surface area contributed by atoms with Gasteiger partial charge in [-0.2, -0.15) is 0 Å². The molecule has 0 unspecified atom stereocenters. The quantitative estimate of drug-likeness (QED) is 0.190. The van der Waals surface area contributed by atoms with Crippen LogP contribution in [0.15, 0.2) is 0 Å². The van der Waals surface area contributed by atoms with Crippen LogP contribution in [-0.2, 0) is 18.9 Å². The van der Waals surface area contributed by atoms with Gasteiger partial charge in [-0.1, -0.05) is 19.6 Å². The number of rotatable bonds is 8. The Morgan fingerprint density at radius 1 is 0.724 bits per heavy atom. The van der Waals surface area contributed by atoms with E-state index in [4.69, 9.17) is 18.9 Å². The van der Waals surface area contributed by atoms with E-state index in [1.807, 2.05) is 0 Å². The number of ether oxygens (including phenoxy) is 4. The molecule has 11 nitrogen and oxygen atoms in total. The summed E-state index contributed by atoms with van der Waals surface area (Å²) >= 11 is 0. The van der Waals surface area contributed by atoms with E-state index in [1.165, 1.54) is 0 Å². The van der Waals surface area contributed by atoms with Crippen molar-refractivity contribution in [2.75, 3.05) is 19.8 Å². The van der Waals surface area contributed by atoms with Gasteiger partial charge >= 0.3 is 0 Å². The smallest absolute Gasteiger partial charge is 0.187 e. The van der Waals surface area contributed by atoms with Crippen LogP contribution in [0.5, 0.6) is 0 Å². The third-order valence-corrected chi connectivity index (χ3v) is 6.80. The molecule has 0 saturated carbocycles.